The summed E-state index contributed by atoms with van der Waals surface area (Å²) in [4.78, 5) is 23.2. The molecule has 104 valence electrons. The Morgan fingerprint density at radius 1 is 1.26 bits per heavy atom. The first kappa shape index (κ1) is 13.9. The Morgan fingerprint density at radius 2 is 2.00 bits per heavy atom. The molecule has 5 nitrogen and oxygen atoms in total. The van der Waals surface area contributed by atoms with E-state index in [2.05, 4.69) is 5.32 Å². The van der Waals surface area contributed by atoms with Crippen LogP contribution in [0.4, 0.5) is 0 Å². The number of hydrogen-bond acceptors (Lipinski definition) is 3. The van der Waals surface area contributed by atoms with Crippen molar-refractivity contribution in [3.63, 3.8) is 0 Å². The van der Waals surface area contributed by atoms with Crippen molar-refractivity contribution in [3.8, 4) is 0 Å². The lowest BCUT2D eigenvalue weighted by molar-refractivity contribution is -0.142. The molecular formula is C13H16ClNO4. The SMILES string of the molecule is O=C(N[C@H]1CCCCC[C@H]1C(=O)O)c1ccc(Cl)o1. The number of rotatable bonds is 3. The monoisotopic (exact) mass is 285 g/mol. The van der Waals surface area contributed by atoms with Gasteiger partial charge in [-0.3, -0.25) is 9.59 Å². The third kappa shape index (κ3) is 3.50. The van der Waals surface area contributed by atoms with Crippen molar-refractivity contribution in [3.05, 3.63) is 23.1 Å². The second kappa shape index (κ2) is 6.10. The number of carbonyl (C=O) groups is 2. The van der Waals surface area contributed by atoms with E-state index in [1.807, 2.05) is 0 Å². The van der Waals surface area contributed by atoms with Crippen molar-refractivity contribution in [2.24, 2.45) is 5.92 Å². The van der Waals surface area contributed by atoms with Crippen LogP contribution in [-0.4, -0.2) is 23.0 Å². The number of carboxylic acid groups (broad SMARTS) is 1. The van der Waals surface area contributed by atoms with Crippen LogP contribution in [0.5, 0.6) is 0 Å². The highest BCUT2D eigenvalue weighted by Gasteiger charge is 2.31. The number of amides is 1. The van der Waals surface area contributed by atoms with E-state index in [1.165, 1.54) is 12.1 Å². The van der Waals surface area contributed by atoms with Gasteiger partial charge in [0.15, 0.2) is 11.0 Å². The van der Waals surface area contributed by atoms with Gasteiger partial charge in [0.25, 0.3) is 5.91 Å². The summed E-state index contributed by atoms with van der Waals surface area (Å²) in [7, 11) is 0. The summed E-state index contributed by atoms with van der Waals surface area (Å²) in [5, 5.41) is 12.1. The van der Waals surface area contributed by atoms with Crippen LogP contribution in [0.25, 0.3) is 0 Å². The number of furan rings is 1. The average molecular weight is 286 g/mol. The molecule has 1 fully saturated rings. The predicted octanol–water partition coefficient (Wildman–Crippen LogP) is 2.70. The molecule has 1 aliphatic carbocycles. The van der Waals surface area contributed by atoms with Gasteiger partial charge in [0, 0.05) is 6.04 Å². The van der Waals surface area contributed by atoms with Gasteiger partial charge in [0.05, 0.1) is 5.92 Å². The van der Waals surface area contributed by atoms with Crippen molar-refractivity contribution in [1.29, 1.82) is 0 Å². The fourth-order valence-corrected chi connectivity index (χ4v) is 2.60. The number of aliphatic carboxylic acids is 1. The van der Waals surface area contributed by atoms with Crippen LogP contribution in [0.15, 0.2) is 16.5 Å². The summed E-state index contributed by atoms with van der Waals surface area (Å²) < 4.78 is 5.02. The van der Waals surface area contributed by atoms with Crippen LogP contribution >= 0.6 is 11.6 Å². The fraction of sp³-hybridized carbons (Fsp3) is 0.538. The van der Waals surface area contributed by atoms with Crippen LogP contribution in [0.1, 0.15) is 42.7 Å². The molecule has 1 aliphatic rings. The summed E-state index contributed by atoms with van der Waals surface area (Å²) in [6.45, 7) is 0. The van der Waals surface area contributed by atoms with Crippen molar-refractivity contribution in [2.75, 3.05) is 0 Å². The molecule has 0 radical (unpaired) electrons. The highest BCUT2D eigenvalue weighted by atomic mass is 35.5. The van der Waals surface area contributed by atoms with E-state index in [4.69, 9.17) is 16.0 Å². The number of carbonyl (C=O) groups excluding carboxylic acids is 1. The second-order valence-corrected chi connectivity index (χ2v) is 5.14. The zero-order chi connectivity index (χ0) is 13.8. The van der Waals surface area contributed by atoms with Crippen molar-refractivity contribution in [1.82, 2.24) is 5.32 Å². The Morgan fingerprint density at radius 3 is 2.63 bits per heavy atom. The molecule has 0 unspecified atom stereocenters. The van der Waals surface area contributed by atoms with E-state index < -0.39 is 17.8 Å². The van der Waals surface area contributed by atoms with E-state index in [0.717, 1.165) is 19.3 Å². The summed E-state index contributed by atoms with van der Waals surface area (Å²) in [6.07, 6.45) is 4.09. The molecule has 0 aliphatic heterocycles. The molecular weight excluding hydrogens is 270 g/mol. The molecule has 1 aromatic rings. The van der Waals surface area contributed by atoms with Gasteiger partial charge in [0.2, 0.25) is 0 Å². The van der Waals surface area contributed by atoms with Gasteiger partial charge in [-0.2, -0.15) is 0 Å². The third-order valence-electron chi connectivity index (χ3n) is 3.45. The quantitative estimate of drug-likeness (QED) is 0.837. The number of nitrogens with one attached hydrogen (secondary N) is 1. The van der Waals surface area contributed by atoms with Gasteiger partial charge in [-0.15, -0.1) is 0 Å². The van der Waals surface area contributed by atoms with Crippen LogP contribution in [0.2, 0.25) is 5.22 Å². The lowest BCUT2D eigenvalue weighted by Crippen LogP contribution is -2.42. The molecule has 1 heterocycles. The van der Waals surface area contributed by atoms with Crippen molar-refractivity contribution in [2.45, 2.75) is 38.1 Å². The molecule has 19 heavy (non-hydrogen) atoms. The molecule has 2 atom stereocenters. The minimum atomic E-state index is -0.857. The average Bonchev–Trinajstić information content (AvgIpc) is 2.65. The van der Waals surface area contributed by atoms with Gasteiger partial charge in [-0.25, -0.2) is 0 Å². The first-order valence-electron chi connectivity index (χ1n) is 6.37. The van der Waals surface area contributed by atoms with Crippen LogP contribution < -0.4 is 5.32 Å². The van der Waals surface area contributed by atoms with Crippen molar-refractivity contribution < 1.29 is 19.1 Å². The van der Waals surface area contributed by atoms with Crippen LogP contribution in [0, 0.1) is 5.92 Å². The molecule has 0 bridgehead atoms. The lowest BCUT2D eigenvalue weighted by atomic mass is 9.95. The Balaban J connectivity index is 2.06. The van der Waals surface area contributed by atoms with Crippen molar-refractivity contribution >= 4 is 23.5 Å². The summed E-state index contributed by atoms with van der Waals surface area (Å²) in [6, 6.07) is 2.61. The standard InChI is InChI=1S/C13H16ClNO4/c14-11-7-6-10(19-11)12(16)15-9-5-3-1-2-4-8(9)13(17)18/h6-9H,1-5H2,(H,15,16)(H,17,18)/t8-,9+/m1/s1. The smallest absolute Gasteiger partial charge is 0.308 e. The summed E-state index contributed by atoms with van der Waals surface area (Å²) in [5.41, 5.74) is 0. The zero-order valence-corrected chi connectivity index (χ0v) is 11.2. The molecule has 1 saturated carbocycles. The third-order valence-corrected chi connectivity index (χ3v) is 3.65. The van der Waals surface area contributed by atoms with E-state index in [-0.39, 0.29) is 17.0 Å². The van der Waals surface area contributed by atoms with Gasteiger partial charge in [-0.1, -0.05) is 19.3 Å². The molecule has 0 saturated heterocycles. The summed E-state index contributed by atoms with van der Waals surface area (Å²) in [5.74, 6) is -1.69. The lowest BCUT2D eigenvalue weighted by Gasteiger charge is -2.22. The number of halogens is 1. The van der Waals surface area contributed by atoms with E-state index >= 15 is 0 Å². The predicted molar refractivity (Wildman–Crippen MR) is 69.2 cm³/mol. The first-order chi connectivity index (χ1) is 9.08. The van der Waals surface area contributed by atoms with E-state index in [0.29, 0.717) is 12.8 Å². The van der Waals surface area contributed by atoms with E-state index in [9.17, 15) is 14.7 Å². The van der Waals surface area contributed by atoms with Gasteiger partial charge in [-0.05, 0) is 36.6 Å². The molecule has 2 rings (SSSR count). The van der Waals surface area contributed by atoms with Gasteiger partial charge < -0.3 is 14.8 Å². The molecule has 2 N–H and O–H groups in total. The molecule has 1 aromatic heterocycles. The maximum Gasteiger partial charge on any atom is 0.308 e. The Bertz CT molecular complexity index is 471. The number of carboxylic acids is 1. The minimum absolute atomic E-state index is 0.110. The van der Waals surface area contributed by atoms with Gasteiger partial charge >= 0.3 is 5.97 Å². The Kier molecular flexibility index (Phi) is 4.47. The Labute approximate surface area is 115 Å². The maximum absolute atomic E-state index is 12.0. The van der Waals surface area contributed by atoms with Crippen LogP contribution in [-0.2, 0) is 4.79 Å². The molecule has 0 aromatic carbocycles. The Hall–Kier alpha value is -1.49. The highest BCUT2D eigenvalue weighted by Crippen LogP contribution is 2.24. The first-order valence-corrected chi connectivity index (χ1v) is 6.74. The van der Waals surface area contributed by atoms with E-state index in [1.54, 1.807) is 0 Å². The number of hydrogen-bond donors (Lipinski definition) is 2. The maximum atomic E-state index is 12.0. The zero-order valence-electron chi connectivity index (χ0n) is 10.4. The molecule has 1 amide bonds. The highest BCUT2D eigenvalue weighted by molar-refractivity contribution is 6.29. The minimum Gasteiger partial charge on any atom is -0.481 e. The molecule has 0 spiro atoms. The normalized spacial score (nSPS) is 23.6. The second-order valence-electron chi connectivity index (χ2n) is 4.77. The fourth-order valence-electron chi connectivity index (χ4n) is 2.45. The topological polar surface area (TPSA) is 79.5 Å². The summed E-state index contributed by atoms with van der Waals surface area (Å²) >= 11 is 5.61. The molecule has 6 heteroatoms. The largest absolute Gasteiger partial charge is 0.481 e. The van der Waals surface area contributed by atoms with Gasteiger partial charge in [0.1, 0.15) is 0 Å². The van der Waals surface area contributed by atoms with Crippen LogP contribution in [0.3, 0.4) is 0 Å².